The number of likely N-dealkylation sites (tertiary alicyclic amines) is 1. The summed E-state index contributed by atoms with van der Waals surface area (Å²) in [6.07, 6.45) is 2.69. The quantitative estimate of drug-likeness (QED) is 0.793. The van der Waals surface area contributed by atoms with Gasteiger partial charge >= 0.3 is 6.03 Å². The fraction of sp³-hybridized carbons (Fsp3) is 0.176. The molecule has 1 N–H and O–H groups in total. The molecule has 2 amide bonds. The fourth-order valence-electron chi connectivity index (χ4n) is 2.68. The molecule has 24 heavy (non-hydrogen) atoms. The van der Waals surface area contributed by atoms with Gasteiger partial charge in [-0.05, 0) is 24.1 Å². The minimum Gasteiger partial charge on any atom is -0.317 e. The number of carbonyl (C=O) groups excluding carboxylic acids is 1. The van der Waals surface area contributed by atoms with E-state index in [1.807, 2.05) is 53.4 Å². The molecule has 0 spiro atoms. The Morgan fingerprint density at radius 3 is 2.67 bits per heavy atom. The topological polar surface area (TPSA) is 71.0 Å². The number of rotatable bonds is 3. The SMILES string of the molecule is O=C(Nc1nnc(-c2ccccn2)s1)N1CC[C@@H]1c1ccccc1. The second kappa shape index (κ2) is 6.37. The number of amides is 2. The van der Waals surface area contributed by atoms with Gasteiger partial charge in [-0.2, -0.15) is 0 Å². The zero-order valence-electron chi connectivity index (χ0n) is 12.8. The Morgan fingerprint density at radius 2 is 1.96 bits per heavy atom. The minimum absolute atomic E-state index is 0.134. The molecule has 0 bridgehead atoms. The predicted octanol–water partition coefficient (Wildman–Crippen LogP) is 3.58. The predicted molar refractivity (Wildman–Crippen MR) is 92.7 cm³/mol. The lowest BCUT2D eigenvalue weighted by Crippen LogP contribution is -2.47. The van der Waals surface area contributed by atoms with Crippen LogP contribution < -0.4 is 5.32 Å². The first-order valence-electron chi connectivity index (χ1n) is 7.69. The molecular formula is C17H15N5OS. The van der Waals surface area contributed by atoms with E-state index in [9.17, 15) is 4.79 Å². The molecule has 0 saturated carbocycles. The van der Waals surface area contributed by atoms with Crippen LogP contribution in [0.25, 0.3) is 10.7 Å². The number of nitrogens with zero attached hydrogens (tertiary/aromatic N) is 4. The highest BCUT2D eigenvalue weighted by Gasteiger charge is 2.33. The maximum atomic E-state index is 12.5. The van der Waals surface area contributed by atoms with Crippen LogP contribution in [0.15, 0.2) is 54.7 Å². The Labute approximate surface area is 143 Å². The normalized spacial score (nSPS) is 16.5. The van der Waals surface area contributed by atoms with E-state index in [1.165, 1.54) is 11.3 Å². The first-order valence-corrected chi connectivity index (χ1v) is 8.50. The van der Waals surface area contributed by atoms with Crippen molar-refractivity contribution in [1.82, 2.24) is 20.1 Å². The highest BCUT2D eigenvalue weighted by molar-refractivity contribution is 7.18. The molecule has 6 nitrogen and oxygen atoms in total. The third-order valence-corrected chi connectivity index (χ3v) is 4.85. The molecule has 1 aromatic carbocycles. The summed E-state index contributed by atoms with van der Waals surface area (Å²) >= 11 is 1.32. The van der Waals surface area contributed by atoms with Crippen molar-refractivity contribution in [2.45, 2.75) is 12.5 Å². The van der Waals surface area contributed by atoms with Crippen molar-refractivity contribution >= 4 is 22.5 Å². The van der Waals surface area contributed by atoms with Crippen molar-refractivity contribution in [2.24, 2.45) is 0 Å². The third-order valence-electron chi connectivity index (χ3n) is 3.99. The zero-order chi connectivity index (χ0) is 16.4. The third kappa shape index (κ3) is 2.85. The highest BCUT2D eigenvalue weighted by atomic mass is 32.1. The van der Waals surface area contributed by atoms with Gasteiger partial charge in [-0.3, -0.25) is 10.3 Å². The van der Waals surface area contributed by atoms with Gasteiger partial charge in [0.2, 0.25) is 5.13 Å². The average molecular weight is 337 g/mol. The van der Waals surface area contributed by atoms with Crippen LogP contribution >= 0.6 is 11.3 Å². The average Bonchev–Trinajstić information content (AvgIpc) is 3.04. The fourth-order valence-corrected chi connectivity index (χ4v) is 3.39. The van der Waals surface area contributed by atoms with Crippen molar-refractivity contribution in [3.8, 4) is 10.7 Å². The summed E-state index contributed by atoms with van der Waals surface area (Å²) < 4.78 is 0. The minimum atomic E-state index is -0.140. The van der Waals surface area contributed by atoms with Gasteiger partial charge in [-0.1, -0.05) is 47.7 Å². The second-order valence-electron chi connectivity index (χ2n) is 5.47. The second-order valence-corrected chi connectivity index (χ2v) is 6.44. The zero-order valence-corrected chi connectivity index (χ0v) is 13.6. The standard InChI is InChI=1S/C17H15N5OS/c23-17(22-11-9-14(22)12-6-2-1-3-7-12)19-16-21-20-15(24-16)13-8-4-5-10-18-13/h1-8,10,14H,9,11H2,(H,19,21,23)/t14-/m1/s1. The van der Waals surface area contributed by atoms with Crippen molar-refractivity contribution in [1.29, 1.82) is 0 Å². The molecule has 7 heteroatoms. The van der Waals surface area contributed by atoms with Crippen LogP contribution in [0.4, 0.5) is 9.93 Å². The lowest BCUT2D eigenvalue weighted by molar-refractivity contribution is 0.126. The maximum Gasteiger partial charge on any atom is 0.324 e. The lowest BCUT2D eigenvalue weighted by atomic mass is 9.95. The monoisotopic (exact) mass is 337 g/mol. The Morgan fingerprint density at radius 1 is 1.12 bits per heavy atom. The molecule has 1 aliphatic rings. The van der Waals surface area contributed by atoms with Crippen LogP contribution in [0.2, 0.25) is 0 Å². The van der Waals surface area contributed by atoms with Crippen LogP contribution in [0.1, 0.15) is 18.0 Å². The van der Waals surface area contributed by atoms with E-state index in [0.717, 1.165) is 24.2 Å². The number of hydrogen-bond acceptors (Lipinski definition) is 5. The van der Waals surface area contributed by atoms with Crippen molar-refractivity contribution in [3.05, 3.63) is 60.3 Å². The van der Waals surface area contributed by atoms with Crippen molar-refractivity contribution in [3.63, 3.8) is 0 Å². The number of aromatic nitrogens is 3. The molecule has 3 heterocycles. The van der Waals surface area contributed by atoms with E-state index in [4.69, 9.17) is 0 Å². The van der Waals surface area contributed by atoms with Crippen LogP contribution in [0.5, 0.6) is 0 Å². The van der Waals surface area contributed by atoms with Gasteiger partial charge in [-0.15, -0.1) is 10.2 Å². The molecule has 1 atom stereocenters. The number of anilines is 1. The van der Waals surface area contributed by atoms with E-state index in [1.54, 1.807) is 6.20 Å². The number of pyridine rings is 1. The Kier molecular flexibility index (Phi) is 3.92. The molecule has 4 rings (SSSR count). The first kappa shape index (κ1) is 14.8. The van der Waals surface area contributed by atoms with E-state index >= 15 is 0 Å². The Balaban J connectivity index is 1.44. The summed E-state index contributed by atoms with van der Waals surface area (Å²) in [5.74, 6) is 0. The van der Waals surface area contributed by atoms with Crippen LogP contribution in [0.3, 0.4) is 0 Å². The van der Waals surface area contributed by atoms with Gasteiger partial charge in [0.1, 0.15) is 5.69 Å². The molecule has 2 aromatic heterocycles. The molecule has 0 aliphatic carbocycles. The van der Waals surface area contributed by atoms with Gasteiger partial charge in [0.05, 0.1) is 6.04 Å². The summed E-state index contributed by atoms with van der Waals surface area (Å²) in [4.78, 5) is 18.5. The largest absolute Gasteiger partial charge is 0.324 e. The van der Waals surface area contributed by atoms with Gasteiger partial charge in [0, 0.05) is 12.7 Å². The molecule has 3 aromatic rings. The van der Waals surface area contributed by atoms with Crippen LogP contribution in [-0.2, 0) is 0 Å². The van der Waals surface area contributed by atoms with Crippen LogP contribution in [-0.4, -0.2) is 32.7 Å². The van der Waals surface area contributed by atoms with E-state index < -0.39 is 0 Å². The van der Waals surface area contributed by atoms with E-state index in [-0.39, 0.29) is 12.1 Å². The molecule has 1 saturated heterocycles. The first-order chi connectivity index (χ1) is 11.8. The van der Waals surface area contributed by atoms with Crippen molar-refractivity contribution in [2.75, 3.05) is 11.9 Å². The number of urea groups is 1. The smallest absolute Gasteiger partial charge is 0.317 e. The number of hydrogen-bond donors (Lipinski definition) is 1. The molecule has 0 unspecified atom stereocenters. The number of benzene rings is 1. The molecule has 1 aliphatic heterocycles. The molecule has 0 radical (unpaired) electrons. The summed E-state index contributed by atoms with van der Waals surface area (Å²) in [6, 6.07) is 15.7. The molecule has 120 valence electrons. The van der Waals surface area contributed by atoms with Gasteiger partial charge in [-0.25, -0.2) is 4.79 Å². The molecular weight excluding hydrogens is 322 g/mol. The van der Waals surface area contributed by atoms with E-state index in [0.29, 0.717) is 10.1 Å². The van der Waals surface area contributed by atoms with Crippen LogP contribution in [0, 0.1) is 0 Å². The highest BCUT2D eigenvalue weighted by Crippen LogP contribution is 2.34. The molecule has 1 fully saturated rings. The number of nitrogens with one attached hydrogen (secondary N) is 1. The van der Waals surface area contributed by atoms with Gasteiger partial charge < -0.3 is 4.90 Å². The van der Waals surface area contributed by atoms with Crippen molar-refractivity contribution < 1.29 is 4.79 Å². The Hall–Kier alpha value is -2.80. The van der Waals surface area contributed by atoms with E-state index in [2.05, 4.69) is 20.5 Å². The number of carbonyl (C=O) groups is 1. The maximum absolute atomic E-state index is 12.5. The van der Waals surface area contributed by atoms with Gasteiger partial charge in [0.25, 0.3) is 0 Å². The summed E-state index contributed by atoms with van der Waals surface area (Å²) in [5.41, 5.74) is 1.91. The summed E-state index contributed by atoms with van der Waals surface area (Å²) in [5, 5.41) is 12.1. The summed E-state index contributed by atoms with van der Waals surface area (Å²) in [7, 11) is 0. The lowest BCUT2D eigenvalue weighted by Gasteiger charge is -2.40. The Bertz CT molecular complexity index is 836. The summed E-state index contributed by atoms with van der Waals surface area (Å²) in [6.45, 7) is 0.747. The van der Waals surface area contributed by atoms with Gasteiger partial charge in [0.15, 0.2) is 5.01 Å².